The summed E-state index contributed by atoms with van der Waals surface area (Å²) in [7, 11) is 0. The van der Waals surface area contributed by atoms with E-state index in [1.807, 2.05) is 12.1 Å². The van der Waals surface area contributed by atoms with Crippen molar-refractivity contribution >= 4 is 16.9 Å². The molecule has 1 aliphatic carbocycles. The van der Waals surface area contributed by atoms with Crippen LogP contribution in [-0.4, -0.2) is 20.3 Å². The number of rotatable bonds is 3. The first kappa shape index (κ1) is 9.51. The zero-order chi connectivity index (χ0) is 11.1. The highest BCUT2D eigenvalue weighted by Gasteiger charge is 2.28. The normalized spacial score (nSPS) is 15.6. The largest absolute Gasteiger partial charge is 0.309 e. The van der Waals surface area contributed by atoms with Gasteiger partial charge >= 0.3 is 0 Å². The van der Waals surface area contributed by atoms with Gasteiger partial charge in [0, 0.05) is 12.2 Å². The van der Waals surface area contributed by atoms with Gasteiger partial charge in [0.05, 0.1) is 6.42 Å². The highest BCUT2D eigenvalue weighted by Crippen LogP contribution is 2.38. The number of carbonyl (C=O) groups is 1. The fraction of sp³-hybridized carbons (Fsp3) is 0.417. The van der Waals surface area contributed by atoms with Gasteiger partial charge in [0.1, 0.15) is 17.1 Å². The lowest BCUT2D eigenvalue weighted by Crippen LogP contribution is -2.06. The Morgan fingerprint density at radius 2 is 2.38 bits per heavy atom. The van der Waals surface area contributed by atoms with Gasteiger partial charge in [-0.2, -0.15) is 0 Å². The molecule has 1 saturated carbocycles. The van der Waals surface area contributed by atoms with E-state index in [9.17, 15) is 4.79 Å². The fourth-order valence-electron chi connectivity index (χ4n) is 2.04. The third-order valence-corrected chi connectivity index (χ3v) is 2.84. The molecule has 0 aromatic carbocycles. The van der Waals surface area contributed by atoms with Gasteiger partial charge in [-0.25, -0.2) is 9.97 Å². The van der Waals surface area contributed by atoms with Crippen LogP contribution in [0.2, 0.25) is 0 Å². The number of pyridine rings is 1. The molecule has 0 atom stereocenters. The summed E-state index contributed by atoms with van der Waals surface area (Å²) < 4.78 is 2.14. The number of carbonyl (C=O) groups excluding carboxylic acids is 1. The minimum atomic E-state index is 0.150. The van der Waals surface area contributed by atoms with Crippen molar-refractivity contribution in [3.05, 3.63) is 24.2 Å². The predicted molar refractivity (Wildman–Crippen MR) is 60.2 cm³/mol. The van der Waals surface area contributed by atoms with E-state index in [1.54, 1.807) is 13.1 Å². The fourth-order valence-corrected chi connectivity index (χ4v) is 2.04. The van der Waals surface area contributed by atoms with Crippen LogP contribution in [0.3, 0.4) is 0 Å². The van der Waals surface area contributed by atoms with Crippen molar-refractivity contribution < 1.29 is 4.79 Å². The Bertz CT molecular complexity index is 554. The van der Waals surface area contributed by atoms with Crippen molar-refractivity contribution in [2.75, 3.05) is 0 Å². The molecule has 2 heterocycles. The minimum Gasteiger partial charge on any atom is -0.309 e. The second-order valence-corrected chi connectivity index (χ2v) is 4.35. The quantitative estimate of drug-likeness (QED) is 0.785. The number of nitrogens with zero attached hydrogens (tertiary/aromatic N) is 3. The SMILES string of the molecule is CC(=O)Cc1nc2cccnc2n1C1CC1. The summed E-state index contributed by atoms with van der Waals surface area (Å²) in [5.41, 5.74) is 1.81. The molecule has 4 heteroatoms. The third kappa shape index (κ3) is 1.50. The van der Waals surface area contributed by atoms with E-state index in [-0.39, 0.29) is 5.78 Å². The van der Waals surface area contributed by atoms with Gasteiger partial charge in [0.25, 0.3) is 0 Å². The van der Waals surface area contributed by atoms with Crippen LogP contribution in [0, 0.1) is 0 Å². The first-order valence-corrected chi connectivity index (χ1v) is 5.57. The van der Waals surface area contributed by atoms with E-state index in [0.717, 1.165) is 17.0 Å². The standard InChI is InChI=1S/C12H13N3O/c1-8(16)7-11-14-10-3-2-6-13-12(10)15(11)9-4-5-9/h2-3,6,9H,4-5,7H2,1H3. The average molecular weight is 215 g/mol. The highest BCUT2D eigenvalue weighted by atomic mass is 16.1. The van der Waals surface area contributed by atoms with Crippen LogP contribution in [0.15, 0.2) is 18.3 Å². The molecule has 0 unspecified atom stereocenters. The number of Topliss-reactive ketones (excluding diaryl/α,β-unsaturated/α-hetero) is 1. The summed E-state index contributed by atoms with van der Waals surface area (Å²) >= 11 is 0. The van der Waals surface area contributed by atoms with Crippen molar-refractivity contribution in [3.8, 4) is 0 Å². The second-order valence-electron chi connectivity index (χ2n) is 4.35. The third-order valence-electron chi connectivity index (χ3n) is 2.84. The molecule has 2 aromatic heterocycles. The maximum absolute atomic E-state index is 11.2. The van der Waals surface area contributed by atoms with Crippen molar-refractivity contribution in [1.29, 1.82) is 0 Å². The molecule has 0 bridgehead atoms. The zero-order valence-corrected chi connectivity index (χ0v) is 9.18. The van der Waals surface area contributed by atoms with Gasteiger partial charge in [-0.1, -0.05) is 0 Å². The molecule has 1 fully saturated rings. The first-order chi connectivity index (χ1) is 7.75. The topological polar surface area (TPSA) is 47.8 Å². The van der Waals surface area contributed by atoms with E-state index >= 15 is 0 Å². The van der Waals surface area contributed by atoms with Crippen LogP contribution in [-0.2, 0) is 11.2 Å². The van der Waals surface area contributed by atoms with E-state index < -0.39 is 0 Å². The summed E-state index contributed by atoms with van der Waals surface area (Å²) in [5, 5.41) is 0. The molecule has 2 aromatic rings. The second kappa shape index (κ2) is 3.40. The van der Waals surface area contributed by atoms with E-state index in [2.05, 4.69) is 14.5 Å². The van der Waals surface area contributed by atoms with Crippen LogP contribution < -0.4 is 0 Å². The van der Waals surface area contributed by atoms with Crippen molar-refractivity contribution in [2.24, 2.45) is 0 Å². The smallest absolute Gasteiger partial charge is 0.160 e. The average Bonchev–Trinajstić information content (AvgIpc) is 3.00. The van der Waals surface area contributed by atoms with Gasteiger partial charge in [0.2, 0.25) is 0 Å². The van der Waals surface area contributed by atoms with Gasteiger partial charge < -0.3 is 4.57 Å². The van der Waals surface area contributed by atoms with Crippen molar-refractivity contribution in [3.63, 3.8) is 0 Å². The van der Waals surface area contributed by atoms with Crippen molar-refractivity contribution in [2.45, 2.75) is 32.2 Å². The van der Waals surface area contributed by atoms with Gasteiger partial charge in [-0.15, -0.1) is 0 Å². The van der Waals surface area contributed by atoms with Gasteiger partial charge in [-0.3, -0.25) is 4.79 Å². The number of imidazole rings is 1. The first-order valence-electron chi connectivity index (χ1n) is 5.57. The molecular formula is C12H13N3O. The molecule has 0 N–H and O–H groups in total. The Hall–Kier alpha value is -1.71. The Labute approximate surface area is 93.3 Å². The summed E-state index contributed by atoms with van der Waals surface area (Å²) in [4.78, 5) is 20.1. The van der Waals surface area contributed by atoms with E-state index in [0.29, 0.717) is 12.5 Å². The zero-order valence-electron chi connectivity index (χ0n) is 9.18. The number of ketones is 1. The molecule has 16 heavy (non-hydrogen) atoms. The Morgan fingerprint density at radius 3 is 3.06 bits per heavy atom. The lowest BCUT2D eigenvalue weighted by molar-refractivity contribution is -0.116. The Morgan fingerprint density at radius 1 is 1.56 bits per heavy atom. The van der Waals surface area contributed by atoms with Crippen LogP contribution >= 0.6 is 0 Å². The van der Waals surface area contributed by atoms with Crippen molar-refractivity contribution in [1.82, 2.24) is 14.5 Å². The Kier molecular flexibility index (Phi) is 2.02. The molecule has 0 spiro atoms. The van der Waals surface area contributed by atoms with Crippen LogP contribution in [0.5, 0.6) is 0 Å². The number of fused-ring (bicyclic) bond motifs is 1. The highest BCUT2D eigenvalue weighted by molar-refractivity contribution is 5.79. The molecule has 4 nitrogen and oxygen atoms in total. The van der Waals surface area contributed by atoms with Gasteiger partial charge in [-0.05, 0) is 31.9 Å². The lowest BCUT2D eigenvalue weighted by atomic mass is 10.3. The van der Waals surface area contributed by atoms with Crippen LogP contribution in [0.1, 0.15) is 31.6 Å². The molecule has 82 valence electrons. The maximum Gasteiger partial charge on any atom is 0.160 e. The molecule has 0 saturated heterocycles. The van der Waals surface area contributed by atoms with Gasteiger partial charge in [0.15, 0.2) is 5.65 Å². The molecule has 0 amide bonds. The van der Waals surface area contributed by atoms with E-state index in [1.165, 1.54) is 12.8 Å². The summed E-state index contributed by atoms with van der Waals surface area (Å²) in [6.07, 6.45) is 4.53. The number of hydrogen-bond acceptors (Lipinski definition) is 3. The molecule has 0 radical (unpaired) electrons. The number of aromatic nitrogens is 3. The lowest BCUT2D eigenvalue weighted by Gasteiger charge is -2.04. The minimum absolute atomic E-state index is 0.150. The summed E-state index contributed by atoms with van der Waals surface area (Å²) in [6, 6.07) is 4.34. The summed E-state index contributed by atoms with van der Waals surface area (Å²) in [6.45, 7) is 1.60. The monoisotopic (exact) mass is 215 g/mol. The summed E-state index contributed by atoms with van der Waals surface area (Å²) in [5.74, 6) is 1.01. The van der Waals surface area contributed by atoms with Crippen LogP contribution in [0.4, 0.5) is 0 Å². The molecule has 1 aliphatic rings. The molecule has 0 aliphatic heterocycles. The maximum atomic E-state index is 11.2. The molecule has 3 rings (SSSR count). The predicted octanol–water partition coefficient (Wildman–Crippen LogP) is 1.90. The Balaban J connectivity index is 2.18. The van der Waals surface area contributed by atoms with Crippen LogP contribution in [0.25, 0.3) is 11.2 Å². The molecular weight excluding hydrogens is 202 g/mol. The number of hydrogen-bond donors (Lipinski definition) is 0. The van der Waals surface area contributed by atoms with E-state index in [4.69, 9.17) is 0 Å².